The first-order chi connectivity index (χ1) is 11.0. The summed E-state index contributed by atoms with van der Waals surface area (Å²) in [5, 5.41) is 29.5. The van der Waals surface area contributed by atoms with Crippen LogP contribution >= 0.6 is 0 Å². The van der Waals surface area contributed by atoms with Gasteiger partial charge in [-0.15, -0.1) is 0 Å². The summed E-state index contributed by atoms with van der Waals surface area (Å²) in [6.45, 7) is 1.44. The number of rotatable bonds is 11. The van der Waals surface area contributed by atoms with E-state index in [1.54, 1.807) is 0 Å². The van der Waals surface area contributed by atoms with Crippen LogP contribution in [0.1, 0.15) is 45.4 Å². The number of aliphatic hydroxyl groups excluding tert-OH is 3. The Morgan fingerprint density at radius 2 is 1.83 bits per heavy atom. The zero-order valence-corrected chi connectivity index (χ0v) is 14.3. The molecule has 0 saturated carbocycles. The van der Waals surface area contributed by atoms with E-state index < -0.39 is 41.7 Å². The van der Waals surface area contributed by atoms with Gasteiger partial charge in [0.2, 0.25) is 5.79 Å². The Labute approximate surface area is 138 Å². The highest BCUT2D eigenvalue weighted by Gasteiger charge is 2.51. The van der Waals surface area contributed by atoms with E-state index >= 15 is 0 Å². The van der Waals surface area contributed by atoms with Crippen molar-refractivity contribution in [1.29, 1.82) is 0 Å². The molecule has 0 aromatic heterocycles. The van der Waals surface area contributed by atoms with E-state index in [1.165, 1.54) is 12.8 Å². The summed E-state index contributed by atoms with van der Waals surface area (Å²) in [4.78, 5) is 0. The Balaban J connectivity index is 2.44. The van der Waals surface area contributed by atoms with E-state index in [-0.39, 0.29) is 13.2 Å². The molecule has 0 aliphatic carbocycles. The minimum atomic E-state index is -3.18. The van der Waals surface area contributed by atoms with Crippen molar-refractivity contribution in [3.05, 3.63) is 0 Å². The van der Waals surface area contributed by atoms with E-state index in [9.17, 15) is 23.7 Å². The quantitative estimate of drug-likeness (QED) is 0.294. The second kappa shape index (κ2) is 10.5. The Kier molecular flexibility index (Phi) is 9.52. The van der Waals surface area contributed by atoms with E-state index in [4.69, 9.17) is 9.47 Å². The predicted octanol–water partition coefficient (Wildman–Crippen LogP) is -0.284. The van der Waals surface area contributed by atoms with Crippen molar-refractivity contribution in [2.75, 3.05) is 19.8 Å². The maximum atomic E-state index is 10.6. The van der Waals surface area contributed by atoms with Crippen LogP contribution in [0.5, 0.6) is 0 Å². The van der Waals surface area contributed by atoms with Gasteiger partial charge in [0.25, 0.3) is 11.0 Å². The molecular weight excluding hydrogens is 328 g/mol. The molecule has 1 aliphatic heterocycles. The molecule has 23 heavy (non-hydrogen) atoms. The number of thiol groups is 1. The van der Waals surface area contributed by atoms with Gasteiger partial charge in [-0.25, -0.2) is 8.42 Å². The summed E-state index contributed by atoms with van der Waals surface area (Å²) < 4.78 is 36.3. The average molecular weight is 356 g/mol. The number of unbranched alkanes of at least 4 members (excludes halogenated alkanes) is 5. The minimum absolute atomic E-state index is 0.262. The standard InChI is InChI=1S/C14H28O8S/c1-2-3-4-5-6-7-8-20-14(10-15)13(17)12(16)11(9-21-14)22-23(18)19/h11-13,15-17,23H,2-10H2,1H3/t11-,12-,13+,14-/m1/s1. The normalized spacial score (nSPS) is 31.6. The van der Waals surface area contributed by atoms with Crippen molar-refractivity contribution in [3.8, 4) is 0 Å². The topological polar surface area (TPSA) is 123 Å². The summed E-state index contributed by atoms with van der Waals surface area (Å²) in [5.41, 5.74) is 0. The van der Waals surface area contributed by atoms with Gasteiger partial charge in [0.05, 0.1) is 13.2 Å². The first kappa shape index (κ1) is 20.8. The highest BCUT2D eigenvalue weighted by molar-refractivity contribution is 7.67. The summed E-state index contributed by atoms with van der Waals surface area (Å²) >= 11 is 0. The number of aliphatic hydroxyl groups is 3. The van der Waals surface area contributed by atoms with Gasteiger partial charge >= 0.3 is 0 Å². The molecule has 138 valence electrons. The maximum Gasteiger partial charge on any atom is 0.257 e. The number of hydrogen-bond acceptors (Lipinski definition) is 8. The third kappa shape index (κ3) is 6.26. The van der Waals surface area contributed by atoms with Crippen LogP contribution < -0.4 is 0 Å². The molecule has 0 unspecified atom stereocenters. The highest BCUT2D eigenvalue weighted by atomic mass is 32.2. The molecule has 9 heteroatoms. The molecule has 1 heterocycles. The molecule has 1 rings (SSSR count). The monoisotopic (exact) mass is 356 g/mol. The predicted molar refractivity (Wildman–Crippen MR) is 82.3 cm³/mol. The fourth-order valence-corrected chi connectivity index (χ4v) is 2.92. The second-order valence-electron chi connectivity index (χ2n) is 5.70. The van der Waals surface area contributed by atoms with E-state index in [0.717, 1.165) is 25.7 Å². The summed E-state index contributed by atoms with van der Waals surface area (Å²) in [5.74, 6) is -1.75. The lowest BCUT2D eigenvalue weighted by atomic mass is 9.97. The zero-order valence-electron chi connectivity index (χ0n) is 13.4. The van der Waals surface area contributed by atoms with Gasteiger partial charge in [-0.05, 0) is 6.42 Å². The largest absolute Gasteiger partial charge is 0.391 e. The lowest BCUT2D eigenvalue weighted by Gasteiger charge is -2.44. The summed E-state index contributed by atoms with van der Waals surface area (Å²) in [7, 11) is -3.18. The van der Waals surface area contributed by atoms with Gasteiger partial charge < -0.3 is 24.8 Å². The van der Waals surface area contributed by atoms with Gasteiger partial charge in [-0.2, -0.15) is 0 Å². The first-order valence-electron chi connectivity index (χ1n) is 8.03. The molecule has 4 atom stereocenters. The SMILES string of the molecule is CCCCCCCCO[C@]1(CO)OC[C@@H](O[SH](=O)=O)[C@@H](O)[C@@H]1O. The van der Waals surface area contributed by atoms with Gasteiger partial charge in [0.15, 0.2) is 0 Å². The van der Waals surface area contributed by atoms with Crippen LogP contribution in [0.25, 0.3) is 0 Å². The van der Waals surface area contributed by atoms with Crippen molar-refractivity contribution in [2.24, 2.45) is 0 Å². The Morgan fingerprint density at radius 1 is 1.17 bits per heavy atom. The van der Waals surface area contributed by atoms with Crippen LogP contribution in [0.3, 0.4) is 0 Å². The van der Waals surface area contributed by atoms with Crippen molar-refractivity contribution in [1.82, 2.24) is 0 Å². The molecule has 8 nitrogen and oxygen atoms in total. The van der Waals surface area contributed by atoms with Crippen LogP contribution in [-0.2, 0) is 24.6 Å². The molecule has 0 aromatic carbocycles. The van der Waals surface area contributed by atoms with Crippen molar-refractivity contribution in [3.63, 3.8) is 0 Å². The first-order valence-corrected chi connectivity index (χ1v) is 9.12. The van der Waals surface area contributed by atoms with Crippen LogP contribution in [0.15, 0.2) is 0 Å². The molecule has 0 amide bonds. The maximum absolute atomic E-state index is 10.6. The summed E-state index contributed by atoms with van der Waals surface area (Å²) in [6, 6.07) is 0. The lowest BCUT2D eigenvalue weighted by Crippen LogP contribution is -2.64. The molecule has 1 saturated heterocycles. The third-order valence-corrected chi connectivity index (χ3v) is 4.38. The molecule has 0 aromatic rings. The van der Waals surface area contributed by atoms with Crippen LogP contribution in [0.4, 0.5) is 0 Å². The van der Waals surface area contributed by atoms with Gasteiger partial charge in [0.1, 0.15) is 24.9 Å². The fraction of sp³-hybridized carbons (Fsp3) is 1.00. The highest BCUT2D eigenvalue weighted by Crippen LogP contribution is 2.29. The van der Waals surface area contributed by atoms with Crippen LogP contribution in [-0.4, -0.2) is 67.7 Å². The molecule has 1 fully saturated rings. The van der Waals surface area contributed by atoms with Gasteiger partial charge in [-0.3, -0.25) is 4.18 Å². The van der Waals surface area contributed by atoms with Gasteiger partial charge in [-0.1, -0.05) is 39.0 Å². The summed E-state index contributed by atoms with van der Waals surface area (Å²) in [6.07, 6.45) is 1.94. The van der Waals surface area contributed by atoms with E-state index in [1.807, 2.05) is 0 Å². The van der Waals surface area contributed by atoms with Crippen LogP contribution in [0.2, 0.25) is 0 Å². The lowest BCUT2D eigenvalue weighted by molar-refractivity contribution is -0.346. The van der Waals surface area contributed by atoms with E-state index in [2.05, 4.69) is 11.1 Å². The second-order valence-corrected chi connectivity index (χ2v) is 6.36. The van der Waals surface area contributed by atoms with Gasteiger partial charge in [0, 0.05) is 0 Å². The molecular formula is C14H28O8S. The average Bonchev–Trinajstić information content (AvgIpc) is 2.53. The zero-order chi connectivity index (χ0) is 17.3. The molecule has 0 spiro atoms. The molecule has 3 N–H and O–H groups in total. The smallest absolute Gasteiger partial charge is 0.257 e. The number of hydrogen-bond donors (Lipinski definition) is 4. The fourth-order valence-electron chi connectivity index (χ4n) is 2.51. The van der Waals surface area contributed by atoms with E-state index in [0.29, 0.717) is 0 Å². The Hall–Kier alpha value is -0.290. The third-order valence-electron chi connectivity index (χ3n) is 3.93. The van der Waals surface area contributed by atoms with Crippen molar-refractivity contribution in [2.45, 2.75) is 69.5 Å². The molecule has 0 radical (unpaired) electrons. The number of ether oxygens (including phenoxy) is 2. The van der Waals surface area contributed by atoms with Crippen molar-refractivity contribution >= 4 is 11.0 Å². The Morgan fingerprint density at radius 3 is 2.43 bits per heavy atom. The van der Waals surface area contributed by atoms with Crippen molar-refractivity contribution < 1.29 is 37.4 Å². The Bertz CT molecular complexity index is 394. The molecule has 0 bridgehead atoms. The molecule has 1 aliphatic rings. The minimum Gasteiger partial charge on any atom is -0.391 e. The van der Waals surface area contributed by atoms with Crippen LogP contribution in [0, 0.1) is 0 Å².